The number of aromatic nitrogens is 3. The number of hydrogen-bond donors (Lipinski definition) is 2. The van der Waals surface area contributed by atoms with Crippen LogP contribution in [0.3, 0.4) is 0 Å². The second-order valence-corrected chi connectivity index (χ2v) is 5.26. The monoisotopic (exact) mass is 275 g/mol. The predicted octanol–water partition coefficient (Wildman–Crippen LogP) is 4.49. The molecule has 0 amide bonds. The third kappa shape index (κ3) is 1.34. The Morgan fingerprint density at radius 1 is 0.857 bits per heavy atom. The van der Waals surface area contributed by atoms with Crippen LogP contribution in [0.5, 0.6) is 0 Å². The molecule has 100 valence electrons. The van der Waals surface area contributed by atoms with E-state index in [1.165, 1.54) is 12.1 Å². The molecule has 3 heterocycles. The summed E-state index contributed by atoms with van der Waals surface area (Å²) in [5.41, 5.74) is 4.71. The molecule has 3 aromatic heterocycles. The fourth-order valence-electron chi connectivity index (χ4n) is 3.12. The molecule has 0 aliphatic heterocycles. The summed E-state index contributed by atoms with van der Waals surface area (Å²) in [5.74, 6) is -0.246. The summed E-state index contributed by atoms with van der Waals surface area (Å²) < 4.78 is 13.5. The normalized spacial score (nSPS) is 12.0. The molecule has 2 aromatic carbocycles. The van der Waals surface area contributed by atoms with Gasteiger partial charge in [-0.25, -0.2) is 4.39 Å². The van der Waals surface area contributed by atoms with Gasteiger partial charge >= 0.3 is 0 Å². The van der Waals surface area contributed by atoms with E-state index in [9.17, 15) is 4.39 Å². The van der Waals surface area contributed by atoms with E-state index in [1.54, 1.807) is 6.07 Å². The van der Waals surface area contributed by atoms with Crippen molar-refractivity contribution in [1.29, 1.82) is 0 Å². The first kappa shape index (κ1) is 10.9. The summed E-state index contributed by atoms with van der Waals surface area (Å²) in [4.78, 5) is 11.3. The third-order valence-electron chi connectivity index (χ3n) is 4.04. The Hall–Kier alpha value is -2.88. The summed E-state index contributed by atoms with van der Waals surface area (Å²) >= 11 is 0. The van der Waals surface area contributed by atoms with Crippen LogP contribution in [0.15, 0.2) is 48.7 Å². The molecule has 0 atom stereocenters. The summed E-state index contributed by atoms with van der Waals surface area (Å²) in [6.45, 7) is 0. The molecule has 0 bridgehead atoms. The third-order valence-corrected chi connectivity index (χ3v) is 4.04. The molecule has 0 fully saturated rings. The summed E-state index contributed by atoms with van der Waals surface area (Å²) in [7, 11) is 0. The van der Waals surface area contributed by atoms with Crippen LogP contribution in [0.2, 0.25) is 0 Å². The number of pyridine rings is 1. The molecule has 0 radical (unpaired) electrons. The Labute approximate surface area is 118 Å². The van der Waals surface area contributed by atoms with Crippen LogP contribution in [0.25, 0.3) is 43.7 Å². The minimum Gasteiger partial charge on any atom is -0.353 e. The number of aromatic amines is 2. The average molecular weight is 275 g/mol. The molecule has 0 aliphatic rings. The van der Waals surface area contributed by atoms with Crippen molar-refractivity contribution >= 4 is 43.7 Å². The number of rotatable bonds is 0. The van der Waals surface area contributed by atoms with Gasteiger partial charge in [-0.3, -0.25) is 4.98 Å². The van der Waals surface area contributed by atoms with Crippen molar-refractivity contribution in [2.24, 2.45) is 0 Å². The van der Waals surface area contributed by atoms with E-state index in [1.807, 2.05) is 24.4 Å². The quantitative estimate of drug-likeness (QED) is 0.429. The van der Waals surface area contributed by atoms with E-state index >= 15 is 0 Å². The molecule has 0 saturated carbocycles. The highest BCUT2D eigenvalue weighted by Crippen LogP contribution is 2.34. The number of benzene rings is 2. The van der Waals surface area contributed by atoms with Gasteiger partial charge in [-0.2, -0.15) is 0 Å². The lowest BCUT2D eigenvalue weighted by molar-refractivity contribution is 0.630. The van der Waals surface area contributed by atoms with Crippen LogP contribution in [-0.2, 0) is 0 Å². The maximum Gasteiger partial charge on any atom is 0.124 e. The standard InChI is InChI=1S/C17H10FN3/c18-9-5-6-13-11(7-9)16-17(21-13)15-10-3-1-2-4-12(10)20-14(15)8-19-16/h1-8,20-21H. The topological polar surface area (TPSA) is 44.5 Å². The smallest absolute Gasteiger partial charge is 0.124 e. The van der Waals surface area contributed by atoms with Crippen molar-refractivity contribution in [3.8, 4) is 0 Å². The number of H-pyrrole nitrogens is 2. The van der Waals surface area contributed by atoms with Gasteiger partial charge in [0.2, 0.25) is 0 Å². The average Bonchev–Trinajstić information content (AvgIpc) is 3.04. The van der Waals surface area contributed by atoms with Crippen LogP contribution in [-0.4, -0.2) is 15.0 Å². The van der Waals surface area contributed by atoms with Crippen LogP contribution >= 0.6 is 0 Å². The van der Waals surface area contributed by atoms with Crippen LogP contribution < -0.4 is 0 Å². The zero-order valence-corrected chi connectivity index (χ0v) is 10.9. The second kappa shape index (κ2) is 3.61. The van der Waals surface area contributed by atoms with Gasteiger partial charge in [0.05, 0.1) is 22.7 Å². The molecule has 3 nitrogen and oxygen atoms in total. The van der Waals surface area contributed by atoms with Gasteiger partial charge in [-0.05, 0) is 24.3 Å². The van der Waals surface area contributed by atoms with E-state index in [4.69, 9.17) is 0 Å². The van der Waals surface area contributed by atoms with Gasteiger partial charge in [0.15, 0.2) is 0 Å². The Morgan fingerprint density at radius 3 is 2.67 bits per heavy atom. The summed E-state index contributed by atoms with van der Waals surface area (Å²) in [6.07, 6.45) is 1.82. The minimum absolute atomic E-state index is 0.246. The lowest BCUT2D eigenvalue weighted by Gasteiger charge is -1.94. The number of para-hydroxylation sites is 1. The Kier molecular flexibility index (Phi) is 1.86. The summed E-state index contributed by atoms with van der Waals surface area (Å²) in [6, 6.07) is 12.9. The maximum absolute atomic E-state index is 13.5. The molecule has 21 heavy (non-hydrogen) atoms. The molecular formula is C17H10FN3. The van der Waals surface area contributed by atoms with Gasteiger partial charge < -0.3 is 9.97 Å². The van der Waals surface area contributed by atoms with E-state index < -0.39 is 0 Å². The zero-order chi connectivity index (χ0) is 14.0. The molecule has 2 N–H and O–H groups in total. The van der Waals surface area contributed by atoms with E-state index in [-0.39, 0.29) is 5.82 Å². The molecule has 0 spiro atoms. The largest absolute Gasteiger partial charge is 0.353 e. The number of fused-ring (bicyclic) bond motifs is 7. The van der Waals surface area contributed by atoms with Crippen molar-refractivity contribution < 1.29 is 4.39 Å². The lowest BCUT2D eigenvalue weighted by Crippen LogP contribution is -1.77. The first-order valence-electron chi connectivity index (χ1n) is 6.77. The Bertz CT molecular complexity index is 1150. The molecule has 0 aliphatic carbocycles. The van der Waals surface area contributed by atoms with Gasteiger partial charge in [0.25, 0.3) is 0 Å². The predicted molar refractivity (Wildman–Crippen MR) is 82.9 cm³/mol. The highest BCUT2D eigenvalue weighted by Gasteiger charge is 2.13. The molecule has 0 unspecified atom stereocenters. The molecule has 5 rings (SSSR count). The van der Waals surface area contributed by atoms with Gasteiger partial charge in [-0.1, -0.05) is 18.2 Å². The van der Waals surface area contributed by atoms with E-state index in [0.29, 0.717) is 0 Å². The minimum atomic E-state index is -0.246. The maximum atomic E-state index is 13.5. The number of nitrogens with zero attached hydrogens (tertiary/aromatic N) is 1. The number of halogens is 1. The first-order valence-corrected chi connectivity index (χ1v) is 6.77. The van der Waals surface area contributed by atoms with Crippen molar-refractivity contribution in [2.45, 2.75) is 0 Å². The Morgan fingerprint density at radius 2 is 1.71 bits per heavy atom. The van der Waals surface area contributed by atoms with Crippen molar-refractivity contribution in [3.05, 3.63) is 54.5 Å². The lowest BCUT2D eigenvalue weighted by atomic mass is 10.1. The highest BCUT2D eigenvalue weighted by molar-refractivity contribution is 6.22. The first-order chi connectivity index (χ1) is 10.3. The SMILES string of the molecule is Fc1ccc2[nH]c3c(ncc4[nH]c5ccccc5c43)c2c1. The van der Waals surface area contributed by atoms with Gasteiger partial charge in [-0.15, -0.1) is 0 Å². The number of hydrogen-bond acceptors (Lipinski definition) is 1. The van der Waals surface area contributed by atoms with E-state index in [2.05, 4.69) is 21.0 Å². The van der Waals surface area contributed by atoms with Gasteiger partial charge in [0.1, 0.15) is 5.82 Å². The summed E-state index contributed by atoms with van der Waals surface area (Å²) in [5, 5.41) is 3.07. The van der Waals surface area contributed by atoms with Crippen molar-refractivity contribution in [3.63, 3.8) is 0 Å². The van der Waals surface area contributed by atoms with Crippen molar-refractivity contribution in [1.82, 2.24) is 15.0 Å². The van der Waals surface area contributed by atoms with E-state index in [0.717, 1.165) is 43.7 Å². The van der Waals surface area contributed by atoms with Crippen LogP contribution in [0.1, 0.15) is 0 Å². The van der Waals surface area contributed by atoms with Crippen molar-refractivity contribution in [2.75, 3.05) is 0 Å². The second-order valence-electron chi connectivity index (χ2n) is 5.26. The zero-order valence-electron chi connectivity index (χ0n) is 10.9. The number of nitrogens with one attached hydrogen (secondary N) is 2. The highest BCUT2D eigenvalue weighted by atomic mass is 19.1. The molecule has 5 aromatic rings. The van der Waals surface area contributed by atoms with Gasteiger partial charge in [0, 0.05) is 27.2 Å². The fourth-order valence-corrected chi connectivity index (χ4v) is 3.12. The van der Waals surface area contributed by atoms with Crippen LogP contribution in [0.4, 0.5) is 4.39 Å². The molecule has 0 saturated heterocycles. The fraction of sp³-hybridized carbons (Fsp3) is 0. The molecule has 4 heteroatoms. The van der Waals surface area contributed by atoms with Crippen LogP contribution in [0, 0.1) is 5.82 Å². The Balaban J connectivity index is 2.10. The molecular weight excluding hydrogens is 265 g/mol.